The Morgan fingerprint density at radius 3 is 2.42 bits per heavy atom. The predicted octanol–water partition coefficient (Wildman–Crippen LogP) is 5.60. The Balaban J connectivity index is 2.03. The van der Waals surface area contributed by atoms with Crippen molar-refractivity contribution in [3.8, 4) is 11.3 Å². The maximum absolute atomic E-state index is 13.7. The SMILES string of the molecule is CCn1nc(C)c2c(C(F)(F)F)cc(-c3ccc4ccccc4c3)nc21. The third kappa shape index (κ3) is 2.62. The number of fused-ring (bicyclic) bond motifs is 2. The van der Waals surface area contributed by atoms with Crippen molar-refractivity contribution in [2.45, 2.75) is 26.6 Å². The molecule has 132 valence electrons. The molecule has 0 radical (unpaired) electrons. The van der Waals surface area contributed by atoms with Crippen LogP contribution in [0.5, 0.6) is 0 Å². The number of hydrogen-bond acceptors (Lipinski definition) is 2. The molecule has 0 atom stereocenters. The average molecular weight is 355 g/mol. The lowest BCUT2D eigenvalue weighted by Gasteiger charge is -2.12. The van der Waals surface area contributed by atoms with Crippen molar-refractivity contribution in [3.05, 3.63) is 59.8 Å². The number of aromatic nitrogens is 3. The topological polar surface area (TPSA) is 30.7 Å². The first-order valence-electron chi connectivity index (χ1n) is 8.33. The zero-order chi connectivity index (χ0) is 18.5. The molecule has 0 aliphatic carbocycles. The third-order valence-electron chi connectivity index (χ3n) is 4.53. The number of nitrogens with zero attached hydrogens (tertiary/aromatic N) is 3. The standard InChI is InChI=1S/C20H16F3N3/c1-3-26-19-18(12(2)25-26)16(20(21,22)23)11-17(24-19)15-9-8-13-6-4-5-7-14(13)10-15/h4-11H,3H2,1-2H3. The summed E-state index contributed by atoms with van der Waals surface area (Å²) in [7, 11) is 0. The van der Waals surface area contributed by atoms with Gasteiger partial charge in [0.1, 0.15) is 0 Å². The third-order valence-corrected chi connectivity index (χ3v) is 4.53. The zero-order valence-corrected chi connectivity index (χ0v) is 14.3. The van der Waals surface area contributed by atoms with Crippen molar-refractivity contribution < 1.29 is 13.2 Å². The van der Waals surface area contributed by atoms with E-state index in [2.05, 4.69) is 10.1 Å². The molecular formula is C20H16F3N3. The van der Waals surface area contributed by atoms with Crippen molar-refractivity contribution >= 4 is 21.8 Å². The lowest BCUT2D eigenvalue weighted by atomic mass is 10.0. The van der Waals surface area contributed by atoms with Gasteiger partial charge in [-0.1, -0.05) is 36.4 Å². The van der Waals surface area contributed by atoms with Gasteiger partial charge in [0.05, 0.1) is 22.3 Å². The number of rotatable bonds is 2. The molecule has 4 rings (SSSR count). The molecule has 0 aliphatic heterocycles. The molecule has 2 aromatic heterocycles. The maximum atomic E-state index is 13.7. The van der Waals surface area contributed by atoms with E-state index in [0.29, 0.717) is 23.5 Å². The fraction of sp³-hybridized carbons (Fsp3) is 0.200. The Bertz CT molecular complexity index is 1130. The highest BCUT2D eigenvalue weighted by atomic mass is 19.4. The van der Waals surface area contributed by atoms with E-state index in [1.165, 1.54) is 4.68 Å². The van der Waals surface area contributed by atoms with Crippen LogP contribution >= 0.6 is 0 Å². The summed E-state index contributed by atoms with van der Waals surface area (Å²) >= 11 is 0. The molecule has 0 fully saturated rings. The minimum atomic E-state index is -4.47. The summed E-state index contributed by atoms with van der Waals surface area (Å²) in [5.74, 6) is 0. The fourth-order valence-corrected chi connectivity index (χ4v) is 3.29. The molecule has 2 aromatic carbocycles. The first-order chi connectivity index (χ1) is 12.4. The lowest BCUT2D eigenvalue weighted by molar-refractivity contribution is -0.136. The number of alkyl halides is 3. The van der Waals surface area contributed by atoms with Crippen molar-refractivity contribution in [1.82, 2.24) is 14.8 Å². The highest BCUT2D eigenvalue weighted by molar-refractivity contribution is 5.89. The summed E-state index contributed by atoms with van der Waals surface area (Å²) in [5, 5.41) is 6.28. The van der Waals surface area contributed by atoms with Gasteiger partial charge in [-0.2, -0.15) is 18.3 Å². The molecule has 6 heteroatoms. The van der Waals surface area contributed by atoms with Gasteiger partial charge < -0.3 is 0 Å². The van der Waals surface area contributed by atoms with Crippen molar-refractivity contribution in [2.24, 2.45) is 0 Å². The van der Waals surface area contributed by atoms with Gasteiger partial charge >= 0.3 is 6.18 Å². The summed E-state index contributed by atoms with van der Waals surface area (Å²) in [5.41, 5.74) is 0.861. The molecule has 0 bridgehead atoms. The molecule has 0 saturated carbocycles. The Labute approximate surface area is 148 Å². The Morgan fingerprint density at radius 1 is 1.00 bits per heavy atom. The molecule has 26 heavy (non-hydrogen) atoms. The molecular weight excluding hydrogens is 339 g/mol. The first-order valence-corrected chi connectivity index (χ1v) is 8.33. The van der Waals surface area contributed by atoms with Gasteiger partial charge in [0, 0.05) is 12.1 Å². The smallest absolute Gasteiger partial charge is 0.247 e. The van der Waals surface area contributed by atoms with Crippen molar-refractivity contribution in [1.29, 1.82) is 0 Å². The maximum Gasteiger partial charge on any atom is 0.417 e. The second kappa shape index (κ2) is 5.83. The van der Waals surface area contributed by atoms with E-state index >= 15 is 0 Å². The van der Waals surface area contributed by atoms with Crippen molar-refractivity contribution in [2.75, 3.05) is 0 Å². The largest absolute Gasteiger partial charge is 0.417 e. The van der Waals surface area contributed by atoms with Crippen LogP contribution in [0, 0.1) is 6.92 Å². The summed E-state index contributed by atoms with van der Waals surface area (Å²) in [6.45, 7) is 3.88. The van der Waals surface area contributed by atoms with Crippen LogP contribution in [-0.2, 0) is 12.7 Å². The van der Waals surface area contributed by atoms with Crippen LogP contribution in [0.2, 0.25) is 0 Å². The average Bonchev–Trinajstić information content (AvgIpc) is 2.95. The lowest BCUT2D eigenvalue weighted by Crippen LogP contribution is -2.08. The van der Waals surface area contributed by atoms with Crippen LogP contribution in [0.4, 0.5) is 13.2 Å². The van der Waals surface area contributed by atoms with Gasteiger partial charge in [-0.3, -0.25) is 0 Å². The monoisotopic (exact) mass is 355 g/mol. The number of aryl methyl sites for hydroxylation is 2. The molecule has 3 nitrogen and oxygen atoms in total. The van der Waals surface area contributed by atoms with Gasteiger partial charge in [-0.15, -0.1) is 0 Å². The summed E-state index contributed by atoms with van der Waals surface area (Å²) in [4.78, 5) is 4.52. The van der Waals surface area contributed by atoms with Crippen LogP contribution in [0.15, 0.2) is 48.5 Å². The number of halogens is 3. The predicted molar refractivity (Wildman–Crippen MR) is 95.9 cm³/mol. The molecule has 0 spiro atoms. The minimum Gasteiger partial charge on any atom is -0.247 e. The van der Waals surface area contributed by atoms with E-state index in [0.717, 1.165) is 16.8 Å². The van der Waals surface area contributed by atoms with Gasteiger partial charge in [-0.05, 0) is 36.8 Å². The number of pyridine rings is 1. The van der Waals surface area contributed by atoms with E-state index in [9.17, 15) is 13.2 Å². The van der Waals surface area contributed by atoms with E-state index in [1.54, 1.807) is 13.0 Å². The van der Waals surface area contributed by atoms with Gasteiger partial charge in [0.2, 0.25) is 0 Å². The van der Waals surface area contributed by atoms with E-state index in [1.807, 2.05) is 43.3 Å². The molecule has 0 aliphatic rings. The molecule has 0 unspecified atom stereocenters. The van der Waals surface area contributed by atoms with Crippen LogP contribution in [0.3, 0.4) is 0 Å². The normalized spacial score (nSPS) is 12.2. The van der Waals surface area contributed by atoms with E-state index < -0.39 is 11.7 Å². The van der Waals surface area contributed by atoms with Crippen LogP contribution in [0.25, 0.3) is 33.1 Å². The van der Waals surface area contributed by atoms with Gasteiger partial charge in [0.15, 0.2) is 5.65 Å². The second-order valence-electron chi connectivity index (χ2n) is 6.21. The molecule has 0 amide bonds. The van der Waals surface area contributed by atoms with Crippen LogP contribution in [0.1, 0.15) is 18.2 Å². The Hall–Kier alpha value is -2.89. The summed E-state index contributed by atoms with van der Waals surface area (Å²) < 4.78 is 42.6. The van der Waals surface area contributed by atoms with Crippen LogP contribution < -0.4 is 0 Å². The van der Waals surface area contributed by atoms with E-state index in [-0.39, 0.29) is 11.0 Å². The quantitative estimate of drug-likeness (QED) is 0.469. The summed E-state index contributed by atoms with van der Waals surface area (Å²) in [6, 6.07) is 14.4. The molecule has 4 aromatic rings. The Morgan fingerprint density at radius 2 is 1.73 bits per heavy atom. The number of benzene rings is 2. The summed E-state index contributed by atoms with van der Waals surface area (Å²) in [6.07, 6.45) is -4.47. The van der Waals surface area contributed by atoms with Gasteiger partial charge in [0.25, 0.3) is 0 Å². The zero-order valence-electron chi connectivity index (χ0n) is 14.3. The molecule has 2 heterocycles. The highest BCUT2D eigenvalue weighted by Gasteiger charge is 2.35. The first kappa shape index (κ1) is 16.6. The highest BCUT2D eigenvalue weighted by Crippen LogP contribution is 2.38. The van der Waals surface area contributed by atoms with Crippen molar-refractivity contribution in [3.63, 3.8) is 0 Å². The molecule has 0 N–H and O–H groups in total. The van der Waals surface area contributed by atoms with Crippen LogP contribution in [-0.4, -0.2) is 14.8 Å². The van der Waals surface area contributed by atoms with E-state index in [4.69, 9.17) is 0 Å². The van der Waals surface area contributed by atoms with Gasteiger partial charge in [-0.25, -0.2) is 9.67 Å². The minimum absolute atomic E-state index is 0.0730. The second-order valence-corrected chi connectivity index (χ2v) is 6.21. The fourth-order valence-electron chi connectivity index (χ4n) is 3.29. The Kier molecular flexibility index (Phi) is 3.72. The number of hydrogen-bond donors (Lipinski definition) is 0. The molecule has 0 saturated heterocycles.